The van der Waals surface area contributed by atoms with Crippen LogP contribution in [-0.4, -0.2) is 30.0 Å². The van der Waals surface area contributed by atoms with Crippen molar-refractivity contribution in [1.29, 1.82) is 0 Å². The number of carbonyl (C=O) groups excluding carboxylic acids is 1. The molecule has 0 aliphatic rings. The standard InChI is InChI=1S/C19H31NO2/c1-5-8-14-20(15-9-6-2)19(7-3)22-18-12-10-17(11-13-18)16(4)21/h10-13,19H,5-9,14-15H2,1-4H3. The maximum absolute atomic E-state index is 11.3. The van der Waals surface area contributed by atoms with E-state index in [4.69, 9.17) is 4.74 Å². The second kappa shape index (κ2) is 10.4. The summed E-state index contributed by atoms with van der Waals surface area (Å²) in [5.41, 5.74) is 0.731. The lowest BCUT2D eigenvalue weighted by Crippen LogP contribution is -2.40. The number of carbonyl (C=O) groups is 1. The van der Waals surface area contributed by atoms with Gasteiger partial charge in [0.15, 0.2) is 12.0 Å². The Morgan fingerprint density at radius 3 is 2.00 bits per heavy atom. The smallest absolute Gasteiger partial charge is 0.159 e. The summed E-state index contributed by atoms with van der Waals surface area (Å²) in [5, 5.41) is 0. The number of ether oxygens (including phenoxy) is 1. The third-order valence-corrected chi connectivity index (χ3v) is 3.89. The maximum atomic E-state index is 11.3. The highest BCUT2D eigenvalue weighted by molar-refractivity contribution is 5.94. The molecule has 0 amide bonds. The Kier molecular flexibility index (Phi) is 8.83. The minimum Gasteiger partial charge on any atom is -0.475 e. The first-order valence-electron chi connectivity index (χ1n) is 8.64. The maximum Gasteiger partial charge on any atom is 0.159 e. The molecule has 0 spiro atoms. The van der Waals surface area contributed by atoms with E-state index in [0.29, 0.717) is 0 Å². The fourth-order valence-electron chi connectivity index (χ4n) is 2.46. The van der Waals surface area contributed by atoms with Crippen LogP contribution in [0, 0.1) is 0 Å². The summed E-state index contributed by atoms with van der Waals surface area (Å²) in [4.78, 5) is 13.8. The van der Waals surface area contributed by atoms with Gasteiger partial charge in [0, 0.05) is 18.7 Å². The second-order valence-electron chi connectivity index (χ2n) is 5.80. The van der Waals surface area contributed by atoms with Crippen LogP contribution >= 0.6 is 0 Å². The van der Waals surface area contributed by atoms with Gasteiger partial charge in [-0.25, -0.2) is 0 Å². The first-order chi connectivity index (χ1) is 10.6. The monoisotopic (exact) mass is 305 g/mol. The first kappa shape index (κ1) is 18.7. The lowest BCUT2D eigenvalue weighted by molar-refractivity contribution is 0.0202. The topological polar surface area (TPSA) is 29.5 Å². The van der Waals surface area contributed by atoms with Gasteiger partial charge in [-0.1, -0.05) is 33.6 Å². The largest absolute Gasteiger partial charge is 0.475 e. The van der Waals surface area contributed by atoms with E-state index in [-0.39, 0.29) is 12.0 Å². The minimum absolute atomic E-state index is 0.0890. The van der Waals surface area contributed by atoms with Crippen molar-refractivity contribution in [1.82, 2.24) is 4.90 Å². The molecule has 1 unspecified atom stereocenters. The lowest BCUT2D eigenvalue weighted by Gasteiger charge is -2.31. The first-order valence-corrected chi connectivity index (χ1v) is 8.64. The number of unbranched alkanes of at least 4 members (excludes halogenated alkanes) is 2. The third-order valence-electron chi connectivity index (χ3n) is 3.89. The number of nitrogens with zero attached hydrogens (tertiary/aromatic N) is 1. The Morgan fingerprint density at radius 1 is 1.05 bits per heavy atom. The molecule has 0 aromatic heterocycles. The molecule has 1 aromatic carbocycles. The van der Waals surface area contributed by atoms with Gasteiger partial charge in [0.2, 0.25) is 0 Å². The van der Waals surface area contributed by atoms with Crippen molar-refractivity contribution < 1.29 is 9.53 Å². The highest BCUT2D eigenvalue weighted by Crippen LogP contribution is 2.18. The van der Waals surface area contributed by atoms with Crippen LogP contribution in [0.4, 0.5) is 0 Å². The predicted octanol–water partition coefficient (Wildman–Crippen LogP) is 4.91. The zero-order chi connectivity index (χ0) is 16.4. The van der Waals surface area contributed by atoms with Crippen molar-refractivity contribution >= 4 is 5.78 Å². The highest BCUT2D eigenvalue weighted by atomic mass is 16.5. The molecule has 3 heteroatoms. The van der Waals surface area contributed by atoms with Crippen molar-refractivity contribution in [3.8, 4) is 5.75 Å². The minimum atomic E-state index is 0.0890. The molecule has 0 saturated carbocycles. The average Bonchev–Trinajstić information content (AvgIpc) is 2.53. The molecule has 0 saturated heterocycles. The van der Waals surface area contributed by atoms with Crippen molar-refractivity contribution in [2.24, 2.45) is 0 Å². The molecule has 124 valence electrons. The van der Waals surface area contributed by atoms with Crippen LogP contribution < -0.4 is 4.74 Å². The van der Waals surface area contributed by atoms with E-state index in [0.717, 1.165) is 30.8 Å². The van der Waals surface area contributed by atoms with E-state index in [1.165, 1.54) is 25.7 Å². The van der Waals surface area contributed by atoms with E-state index < -0.39 is 0 Å². The number of hydrogen-bond acceptors (Lipinski definition) is 3. The lowest BCUT2D eigenvalue weighted by atomic mass is 10.1. The molecule has 0 heterocycles. The normalized spacial score (nSPS) is 12.4. The summed E-state index contributed by atoms with van der Waals surface area (Å²) in [6, 6.07) is 7.48. The number of hydrogen-bond donors (Lipinski definition) is 0. The van der Waals surface area contributed by atoms with Gasteiger partial charge in [-0.15, -0.1) is 0 Å². The zero-order valence-corrected chi connectivity index (χ0v) is 14.6. The summed E-state index contributed by atoms with van der Waals surface area (Å²) >= 11 is 0. The SMILES string of the molecule is CCCCN(CCCC)C(CC)Oc1ccc(C(C)=O)cc1. The Bertz CT molecular complexity index is 420. The molecule has 1 rings (SSSR count). The van der Waals surface area contributed by atoms with E-state index in [1.54, 1.807) is 6.92 Å². The van der Waals surface area contributed by atoms with Crippen molar-refractivity contribution in [3.05, 3.63) is 29.8 Å². The molecule has 3 nitrogen and oxygen atoms in total. The van der Waals surface area contributed by atoms with Crippen LogP contribution in [0.5, 0.6) is 5.75 Å². The fraction of sp³-hybridized carbons (Fsp3) is 0.632. The molecular weight excluding hydrogens is 274 g/mol. The predicted molar refractivity (Wildman–Crippen MR) is 92.5 cm³/mol. The molecule has 1 aromatic rings. The fourth-order valence-corrected chi connectivity index (χ4v) is 2.46. The summed E-state index contributed by atoms with van der Waals surface area (Å²) in [7, 11) is 0. The van der Waals surface area contributed by atoms with Crippen LogP contribution in [-0.2, 0) is 0 Å². The zero-order valence-electron chi connectivity index (χ0n) is 14.6. The molecule has 0 aliphatic carbocycles. The molecule has 0 radical (unpaired) electrons. The Balaban J connectivity index is 2.71. The number of ketones is 1. The molecule has 0 N–H and O–H groups in total. The number of benzene rings is 1. The van der Waals surface area contributed by atoms with E-state index in [1.807, 2.05) is 24.3 Å². The summed E-state index contributed by atoms with van der Waals surface area (Å²) in [6.45, 7) is 10.4. The molecule has 1 atom stereocenters. The van der Waals surface area contributed by atoms with Crippen LogP contribution in [0.1, 0.15) is 70.2 Å². The van der Waals surface area contributed by atoms with Gasteiger partial charge in [0.1, 0.15) is 5.75 Å². The van der Waals surface area contributed by atoms with Crippen LogP contribution in [0.2, 0.25) is 0 Å². The van der Waals surface area contributed by atoms with Gasteiger partial charge in [-0.2, -0.15) is 0 Å². The van der Waals surface area contributed by atoms with E-state index >= 15 is 0 Å². The van der Waals surface area contributed by atoms with Gasteiger partial charge in [0.05, 0.1) is 0 Å². The molecule has 0 fully saturated rings. The number of Topliss-reactive ketones (excluding diaryl/α,β-unsaturated/α-hetero) is 1. The van der Waals surface area contributed by atoms with Gasteiger partial charge < -0.3 is 4.74 Å². The van der Waals surface area contributed by atoms with E-state index in [2.05, 4.69) is 25.7 Å². The second-order valence-corrected chi connectivity index (χ2v) is 5.80. The van der Waals surface area contributed by atoms with Gasteiger partial charge in [-0.3, -0.25) is 9.69 Å². The molecule has 0 aliphatic heterocycles. The van der Waals surface area contributed by atoms with Crippen molar-refractivity contribution in [2.75, 3.05) is 13.1 Å². The summed E-state index contributed by atoms with van der Waals surface area (Å²) < 4.78 is 6.17. The molecule has 22 heavy (non-hydrogen) atoms. The number of rotatable bonds is 11. The molecular formula is C19H31NO2. The highest BCUT2D eigenvalue weighted by Gasteiger charge is 2.17. The van der Waals surface area contributed by atoms with Crippen molar-refractivity contribution in [3.63, 3.8) is 0 Å². The van der Waals surface area contributed by atoms with Gasteiger partial charge in [0.25, 0.3) is 0 Å². The summed E-state index contributed by atoms with van der Waals surface area (Å²) in [6.07, 6.45) is 5.88. The third kappa shape index (κ3) is 6.18. The average molecular weight is 305 g/mol. The van der Waals surface area contributed by atoms with Gasteiger partial charge >= 0.3 is 0 Å². The summed E-state index contributed by atoms with van der Waals surface area (Å²) in [5.74, 6) is 0.931. The quantitative estimate of drug-likeness (QED) is 0.430. The Labute approximate surface area is 135 Å². The molecule has 0 bridgehead atoms. The van der Waals surface area contributed by atoms with Crippen LogP contribution in [0.3, 0.4) is 0 Å². The van der Waals surface area contributed by atoms with Crippen LogP contribution in [0.15, 0.2) is 24.3 Å². The van der Waals surface area contributed by atoms with E-state index in [9.17, 15) is 4.79 Å². The van der Waals surface area contributed by atoms with Crippen molar-refractivity contribution in [2.45, 2.75) is 66.0 Å². The Morgan fingerprint density at radius 2 is 1.59 bits per heavy atom. The van der Waals surface area contributed by atoms with Crippen LogP contribution in [0.25, 0.3) is 0 Å². The van der Waals surface area contributed by atoms with Gasteiger partial charge in [-0.05, 0) is 50.5 Å². The Hall–Kier alpha value is -1.35.